The Labute approximate surface area is 123 Å². The predicted octanol–water partition coefficient (Wildman–Crippen LogP) is 2.72. The van der Waals surface area contributed by atoms with Gasteiger partial charge in [-0.25, -0.2) is 0 Å². The molecule has 0 saturated carbocycles. The van der Waals surface area contributed by atoms with Crippen LogP contribution in [0.1, 0.15) is 25.8 Å². The largest absolute Gasteiger partial charge is 0.493 e. The molecule has 1 rings (SSSR count). The number of ether oxygens (including phenoxy) is 2. The van der Waals surface area contributed by atoms with E-state index in [2.05, 4.69) is 21.2 Å². The van der Waals surface area contributed by atoms with E-state index in [-0.39, 0.29) is 12.6 Å². The lowest BCUT2D eigenvalue weighted by Crippen LogP contribution is -2.31. The smallest absolute Gasteiger partial charge is 0.166 e. The number of methoxy groups -OCH3 is 1. The quantitative estimate of drug-likeness (QED) is 0.769. The van der Waals surface area contributed by atoms with Crippen LogP contribution < -0.4 is 14.8 Å². The fourth-order valence-corrected chi connectivity index (χ4v) is 2.25. The molecule has 0 spiro atoms. The molecule has 0 aliphatic rings. The Balaban J connectivity index is 2.96. The third kappa shape index (κ3) is 4.37. The number of halogens is 1. The molecule has 1 atom stereocenters. The number of aliphatic hydroxyl groups excluding tert-OH is 1. The summed E-state index contributed by atoms with van der Waals surface area (Å²) in [6.45, 7) is 5.31. The maximum Gasteiger partial charge on any atom is 0.166 e. The average molecular weight is 332 g/mol. The van der Waals surface area contributed by atoms with Crippen molar-refractivity contribution < 1.29 is 14.6 Å². The molecule has 0 heterocycles. The minimum Gasteiger partial charge on any atom is -0.493 e. The van der Waals surface area contributed by atoms with Crippen LogP contribution in [-0.4, -0.2) is 31.5 Å². The Morgan fingerprint density at radius 1 is 1.37 bits per heavy atom. The molecule has 0 saturated heterocycles. The van der Waals surface area contributed by atoms with Crippen LogP contribution in [0.5, 0.6) is 11.5 Å². The van der Waals surface area contributed by atoms with Gasteiger partial charge in [0.25, 0.3) is 0 Å². The van der Waals surface area contributed by atoms with Gasteiger partial charge < -0.3 is 19.9 Å². The number of rotatable bonds is 8. The van der Waals surface area contributed by atoms with Crippen molar-refractivity contribution in [3.63, 3.8) is 0 Å². The van der Waals surface area contributed by atoms with E-state index >= 15 is 0 Å². The average Bonchev–Trinajstić information content (AvgIpc) is 2.43. The number of benzene rings is 1. The van der Waals surface area contributed by atoms with E-state index in [1.54, 1.807) is 7.11 Å². The van der Waals surface area contributed by atoms with Gasteiger partial charge >= 0.3 is 0 Å². The molecule has 0 aliphatic carbocycles. The lowest BCUT2D eigenvalue weighted by molar-refractivity contribution is 0.237. The van der Waals surface area contributed by atoms with Crippen LogP contribution in [0.3, 0.4) is 0 Å². The second-order valence-electron chi connectivity index (χ2n) is 4.16. The highest BCUT2D eigenvalue weighted by atomic mass is 79.9. The molecule has 0 aliphatic heterocycles. The number of aliphatic hydroxyl groups is 1. The van der Waals surface area contributed by atoms with E-state index in [1.807, 2.05) is 26.0 Å². The summed E-state index contributed by atoms with van der Waals surface area (Å²) in [5, 5.41) is 12.5. The summed E-state index contributed by atoms with van der Waals surface area (Å²) >= 11 is 3.54. The van der Waals surface area contributed by atoms with Crippen LogP contribution in [0.15, 0.2) is 16.6 Å². The molecule has 0 fully saturated rings. The van der Waals surface area contributed by atoms with E-state index in [9.17, 15) is 5.11 Å². The van der Waals surface area contributed by atoms with Gasteiger partial charge in [0.15, 0.2) is 11.5 Å². The Hall–Kier alpha value is -0.780. The van der Waals surface area contributed by atoms with Crippen LogP contribution >= 0.6 is 15.9 Å². The molecular formula is C14H22BrNO3. The van der Waals surface area contributed by atoms with Gasteiger partial charge in [-0.15, -0.1) is 0 Å². The molecule has 0 amide bonds. The first-order chi connectivity index (χ1) is 9.17. The third-order valence-corrected chi connectivity index (χ3v) is 3.70. The highest BCUT2D eigenvalue weighted by molar-refractivity contribution is 9.10. The second-order valence-corrected chi connectivity index (χ2v) is 5.01. The van der Waals surface area contributed by atoms with Crippen LogP contribution in [0.2, 0.25) is 0 Å². The van der Waals surface area contributed by atoms with Crippen LogP contribution in [-0.2, 0) is 6.54 Å². The Kier molecular flexibility index (Phi) is 7.20. The minimum absolute atomic E-state index is 0.0903. The molecule has 19 heavy (non-hydrogen) atoms. The second kappa shape index (κ2) is 8.40. The van der Waals surface area contributed by atoms with Crippen molar-refractivity contribution in [1.29, 1.82) is 0 Å². The summed E-state index contributed by atoms with van der Waals surface area (Å²) in [6, 6.07) is 3.91. The predicted molar refractivity (Wildman–Crippen MR) is 79.9 cm³/mol. The highest BCUT2D eigenvalue weighted by Crippen LogP contribution is 2.36. The summed E-state index contributed by atoms with van der Waals surface area (Å²) in [5.74, 6) is 1.47. The summed E-state index contributed by atoms with van der Waals surface area (Å²) < 4.78 is 12.0. The van der Waals surface area contributed by atoms with Crippen LogP contribution in [0, 0.1) is 0 Å². The molecule has 0 aromatic heterocycles. The first kappa shape index (κ1) is 16.3. The van der Waals surface area contributed by atoms with E-state index in [0.717, 1.165) is 28.0 Å². The first-order valence-electron chi connectivity index (χ1n) is 6.50. The lowest BCUT2D eigenvalue weighted by Gasteiger charge is -2.19. The van der Waals surface area contributed by atoms with Gasteiger partial charge in [-0.2, -0.15) is 0 Å². The summed E-state index contributed by atoms with van der Waals surface area (Å²) in [5.41, 5.74) is 1.01. The molecule has 2 N–H and O–H groups in total. The molecule has 1 unspecified atom stereocenters. The Morgan fingerprint density at radius 2 is 2.11 bits per heavy atom. The monoisotopic (exact) mass is 331 g/mol. The first-order valence-corrected chi connectivity index (χ1v) is 7.29. The van der Waals surface area contributed by atoms with Crippen LogP contribution in [0.25, 0.3) is 0 Å². The van der Waals surface area contributed by atoms with Crippen molar-refractivity contribution in [3.8, 4) is 11.5 Å². The molecule has 108 valence electrons. The zero-order valence-corrected chi connectivity index (χ0v) is 13.3. The van der Waals surface area contributed by atoms with E-state index in [4.69, 9.17) is 9.47 Å². The van der Waals surface area contributed by atoms with E-state index in [1.165, 1.54) is 0 Å². The molecule has 1 aromatic rings. The molecule has 5 heteroatoms. The van der Waals surface area contributed by atoms with E-state index < -0.39 is 0 Å². The van der Waals surface area contributed by atoms with Crippen molar-refractivity contribution in [1.82, 2.24) is 5.32 Å². The van der Waals surface area contributed by atoms with Gasteiger partial charge in [-0.05, 0) is 25.5 Å². The maximum atomic E-state index is 9.22. The maximum absolute atomic E-state index is 9.22. The molecule has 0 radical (unpaired) electrons. The molecular weight excluding hydrogens is 310 g/mol. The van der Waals surface area contributed by atoms with Gasteiger partial charge in [0.1, 0.15) is 0 Å². The van der Waals surface area contributed by atoms with Crippen molar-refractivity contribution in [2.24, 2.45) is 0 Å². The standard InChI is InChI=1S/C14H22BrNO3/c1-4-10(9-17)16-8-11-12(15)6-7-13(18-3)14(11)19-5-2/h6-7,10,16-17H,4-5,8-9H2,1-3H3. The van der Waals surface area contributed by atoms with E-state index in [0.29, 0.717) is 13.2 Å². The zero-order valence-electron chi connectivity index (χ0n) is 11.7. The lowest BCUT2D eigenvalue weighted by atomic mass is 10.1. The fourth-order valence-electron chi connectivity index (χ4n) is 1.79. The number of hydrogen-bond donors (Lipinski definition) is 2. The SMILES string of the molecule is CCOc1c(OC)ccc(Br)c1CNC(CC)CO. The Morgan fingerprint density at radius 3 is 2.63 bits per heavy atom. The topological polar surface area (TPSA) is 50.7 Å². The molecule has 4 nitrogen and oxygen atoms in total. The van der Waals surface area contributed by atoms with Crippen molar-refractivity contribution in [2.75, 3.05) is 20.3 Å². The van der Waals surface area contributed by atoms with Crippen LogP contribution in [0.4, 0.5) is 0 Å². The van der Waals surface area contributed by atoms with Crippen molar-refractivity contribution in [2.45, 2.75) is 32.9 Å². The van der Waals surface area contributed by atoms with Crippen molar-refractivity contribution in [3.05, 3.63) is 22.2 Å². The van der Waals surface area contributed by atoms with Gasteiger partial charge in [-0.1, -0.05) is 22.9 Å². The summed E-state index contributed by atoms with van der Waals surface area (Å²) in [6.07, 6.45) is 0.877. The van der Waals surface area contributed by atoms with Gasteiger partial charge in [0.2, 0.25) is 0 Å². The summed E-state index contributed by atoms with van der Waals surface area (Å²) in [7, 11) is 1.63. The van der Waals surface area contributed by atoms with Gasteiger partial charge in [-0.3, -0.25) is 0 Å². The minimum atomic E-state index is 0.0903. The highest BCUT2D eigenvalue weighted by Gasteiger charge is 2.15. The fraction of sp³-hybridized carbons (Fsp3) is 0.571. The van der Waals surface area contributed by atoms with Crippen molar-refractivity contribution >= 4 is 15.9 Å². The summed E-state index contributed by atoms with van der Waals surface area (Å²) in [4.78, 5) is 0. The third-order valence-electron chi connectivity index (χ3n) is 2.96. The van der Waals surface area contributed by atoms with Gasteiger partial charge in [0, 0.05) is 22.6 Å². The molecule has 1 aromatic carbocycles. The van der Waals surface area contributed by atoms with Gasteiger partial charge in [0.05, 0.1) is 20.3 Å². The number of hydrogen-bond acceptors (Lipinski definition) is 4. The normalized spacial score (nSPS) is 12.3. The number of nitrogens with one attached hydrogen (secondary N) is 1. The molecule has 0 bridgehead atoms. The Bertz CT molecular complexity index is 395. The zero-order chi connectivity index (χ0) is 14.3.